The van der Waals surface area contributed by atoms with Crippen LogP contribution in [0.3, 0.4) is 0 Å². The molecule has 1 saturated heterocycles. The largest absolute Gasteiger partial charge is 0.315 e. The van der Waals surface area contributed by atoms with Crippen molar-refractivity contribution >= 4 is 35.3 Å². The van der Waals surface area contributed by atoms with Crippen LogP contribution < -0.4 is 10.6 Å². The molecule has 7 nitrogen and oxygen atoms in total. The van der Waals surface area contributed by atoms with E-state index in [4.69, 9.17) is 4.98 Å². The maximum absolute atomic E-state index is 12.9. The second-order valence-corrected chi connectivity index (χ2v) is 7.87. The molecule has 2 fully saturated rings. The van der Waals surface area contributed by atoms with Crippen LogP contribution in [0.4, 0.5) is 5.95 Å². The Hall–Kier alpha value is -2.38. The number of rotatable bonds is 4. The van der Waals surface area contributed by atoms with Crippen LogP contribution in [0.2, 0.25) is 0 Å². The molecule has 2 N–H and O–H groups in total. The van der Waals surface area contributed by atoms with Gasteiger partial charge in [-0.05, 0) is 50.4 Å². The van der Waals surface area contributed by atoms with Gasteiger partial charge in [0.1, 0.15) is 0 Å². The summed E-state index contributed by atoms with van der Waals surface area (Å²) < 4.78 is 4.13. The summed E-state index contributed by atoms with van der Waals surface area (Å²) in [6.07, 6.45) is 8.85. The van der Waals surface area contributed by atoms with E-state index in [1.807, 2.05) is 29.1 Å². The minimum Gasteiger partial charge on any atom is -0.315 e. The first kappa shape index (κ1) is 19.9. The molecular formula is C21H27ClN6O. The number of halogens is 1. The summed E-state index contributed by atoms with van der Waals surface area (Å²) in [7, 11) is 0. The Morgan fingerprint density at radius 3 is 2.66 bits per heavy atom. The van der Waals surface area contributed by atoms with Crippen LogP contribution in [-0.4, -0.2) is 38.3 Å². The van der Waals surface area contributed by atoms with Gasteiger partial charge in [-0.25, -0.2) is 4.98 Å². The van der Waals surface area contributed by atoms with Gasteiger partial charge in [0.25, 0.3) is 5.91 Å². The molecule has 1 unspecified atom stereocenters. The first-order valence-electron chi connectivity index (χ1n) is 10.3. The summed E-state index contributed by atoms with van der Waals surface area (Å²) in [6.45, 7) is 1.96. The molecule has 154 valence electrons. The van der Waals surface area contributed by atoms with Crippen molar-refractivity contribution < 1.29 is 4.79 Å². The van der Waals surface area contributed by atoms with Gasteiger partial charge in [0.2, 0.25) is 5.95 Å². The monoisotopic (exact) mass is 414 g/mol. The van der Waals surface area contributed by atoms with Gasteiger partial charge in [-0.15, -0.1) is 12.4 Å². The van der Waals surface area contributed by atoms with Crippen molar-refractivity contribution in [3.8, 4) is 0 Å². The van der Waals surface area contributed by atoms with Crippen LogP contribution >= 0.6 is 12.4 Å². The predicted octanol–water partition coefficient (Wildman–Crippen LogP) is 3.95. The Labute approximate surface area is 176 Å². The van der Waals surface area contributed by atoms with Crippen molar-refractivity contribution in [2.75, 3.05) is 18.4 Å². The van der Waals surface area contributed by atoms with E-state index in [0.717, 1.165) is 49.8 Å². The molecule has 3 heterocycles. The third-order valence-electron chi connectivity index (χ3n) is 6.00. The molecule has 5 rings (SSSR count). The maximum atomic E-state index is 12.9. The summed E-state index contributed by atoms with van der Waals surface area (Å²) in [5.74, 6) is 0.434. The fourth-order valence-electron chi connectivity index (χ4n) is 4.55. The lowest BCUT2D eigenvalue weighted by Crippen LogP contribution is -2.32. The smallest absolute Gasteiger partial charge is 0.278 e. The maximum Gasteiger partial charge on any atom is 0.278 e. The van der Waals surface area contributed by atoms with Gasteiger partial charge in [-0.2, -0.15) is 5.10 Å². The summed E-state index contributed by atoms with van der Waals surface area (Å²) in [4.78, 5) is 17.6. The SMILES string of the molecule is Cl.O=C(Nc1nc2ccccc2n1C1CCCC1)c1ccn(C2CCCNC2)n1. The molecule has 1 saturated carbocycles. The summed E-state index contributed by atoms with van der Waals surface area (Å²) in [5.41, 5.74) is 2.45. The number of benzene rings is 1. The Morgan fingerprint density at radius 1 is 1.07 bits per heavy atom. The van der Waals surface area contributed by atoms with Crippen LogP contribution in [0, 0.1) is 0 Å². The number of carbonyl (C=O) groups excluding carboxylic acids is 1. The molecule has 0 bridgehead atoms. The topological polar surface area (TPSA) is 76.8 Å². The average molecular weight is 415 g/mol. The Balaban J connectivity index is 0.00000205. The number of nitrogens with zero attached hydrogens (tertiary/aromatic N) is 4. The second-order valence-electron chi connectivity index (χ2n) is 7.87. The molecule has 1 atom stereocenters. The number of amides is 1. The van der Waals surface area contributed by atoms with Crippen LogP contribution in [0.1, 0.15) is 61.1 Å². The van der Waals surface area contributed by atoms with E-state index in [9.17, 15) is 4.79 Å². The molecule has 0 radical (unpaired) electrons. The molecule has 3 aromatic rings. The zero-order valence-corrected chi connectivity index (χ0v) is 17.2. The molecular weight excluding hydrogens is 388 g/mol. The number of hydrogen-bond donors (Lipinski definition) is 2. The Morgan fingerprint density at radius 2 is 1.86 bits per heavy atom. The van der Waals surface area contributed by atoms with E-state index in [1.165, 1.54) is 12.8 Å². The van der Waals surface area contributed by atoms with Crippen molar-refractivity contribution in [2.45, 2.75) is 50.6 Å². The van der Waals surface area contributed by atoms with E-state index in [2.05, 4.69) is 26.4 Å². The lowest BCUT2D eigenvalue weighted by molar-refractivity contribution is 0.101. The Kier molecular flexibility index (Phi) is 5.87. The minimum atomic E-state index is -0.197. The minimum absolute atomic E-state index is 0. The van der Waals surface area contributed by atoms with Crippen molar-refractivity contribution in [1.29, 1.82) is 0 Å². The van der Waals surface area contributed by atoms with Crippen LogP contribution in [-0.2, 0) is 0 Å². The number of carbonyl (C=O) groups is 1. The number of fused-ring (bicyclic) bond motifs is 1. The number of hydrogen-bond acceptors (Lipinski definition) is 4. The molecule has 2 aromatic heterocycles. The standard InChI is InChI=1S/C21H26N6O.ClH/c28-20(18-11-13-26(25-18)16-8-5-12-22-14-16)24-21-23-17-9-3-4-10-19(17)27(21)15-6-1-2-7-15;/h3-4,9-11,13,15-16,22H,1-2,5-8,12,14H2,(H,23,24,28);1H. The first-order valence-corrected chi connectivity index (χ1v) is 10.3. The number of aromatic nitrogens is 4. The quantitative estimate of drug-likeness (QED) is 0.677. The molecule has 8 heteroatoms. The highest BCUT2D eigenvalue weighted by atomic mass is 35.5. The van der Waals surface area contributed by atoms with Gasteiger partial charge < -0.3 is 9.88 Å². The fraction of sp³-hybridized carbons (Fsp3) is 0.476. The molecule has 0 spiro atoms. The highest BCUT2D eigenvalue weighted by molar-refractivity contribution is 6.02. The first-order chi connectivity index (χ1) is 13.8. The van der Waals surface area contributed by atoms with Crippen molar-refractivity contribution in [3.63, 3.8) is 0 Å². The normalized spacial score (nSPS) is 19.9. The zero-order chi connectivity index (χ0) is 18.9. The molecule has 1 aromatic carbocycles. The molecule has 1 aliphatic heterocycles. The predicted molar refractivity (Wildman–Crippen MR) is 116 cm³/mol. The number of anilines is 1. The molecule has 1 amide bonds. The second kappa shape index (κ2) is 8.55. The van der Waals surface area contributed by atoms with Gasteiger partial charge in [-0.3, -0.25) is 14.8 Å². The van der Waals surface area contributed by atoms with Crippen LogP contribution in [0.25, 0.3) is 11.0 Å². The van der Waals surface area contributed by atoms with Crippen molar-refractivity contribution in [3.05, 3.63) is 42.2 Å². The van der Waals surface area contributed by atoms with Gasteiger partial charge in [-0.1, -0.05) is 25.0 Å². The Bertz CT molecular complexity index is 984. The number of nitrogens with one attached hydrogen (secondary N) is 2. The fourth-order valence-corrected chi connectivity index (χ4v) is 4.55. The average Bonchev–Trinajstić information content (AvgIpc) is 3.47. The van der Waals surface area contributed by atoms with E-state index in [-0.39, 0.29) is 18.3 Å². The third kappa shape index (κ3) is 3.89. The molecule has 2 aliphatic rings. The highest BCUT2D eigenvalue weighted by Gasteiger charge is 2.24. The lowest BCUT2D eigenvalue weighted by Gasteiger charge is -2.22. The lowest BCUT2D eigenvalue weighted by atomic mass is 10.1. The summed E-state index contributed by atoms with van der Waals surface area (Å²) >= 11 is 0. The summed E-state index contributed by atoms with van der Waals surface area (Å²) in [5, 5.41) is 11.0. The highest BCUT2D eigenvalue weighted by Crippen LogP contribution is 2.35. The van der Waals surface area contributed by atoms with Gasteiger partial charge in [0.05, 0.1) is 17.1 Å². The number of piperidine rings is 1. The van der Waals surface area contributed by atoms with E-state index < -0.39 is 0 Å². The van der Waals surface area contributed by atoms with Crippen LogP contribution in [0.15, 0.2) is 36.5 Å². The molecule has 1 aliphatic carbocycles. The number of imidazole rings is 1. The van der Waals surface area contributed by atoms with E-state index in [1.54, 1.807) is 6.07 Å². The van der Waals surface area contributed by atoms with Crippen molar-refractivity contribution in [1.82, 2.24) is 24.6 Å². The van der Waals surface area contributed by atoms with Gasteiger partial charge in [0.15, 0.2) is 5.69 Å². The number of para-hydroxylation sites is 2. The van der Waals surface area contributed by atoms with Crippen LogP contribution in [0.5, 0.6) is 0 Å². The van der Waals surface area contributed by atoms with E-state index >= 15 is 0 Å². The molecule has 29 heavy (non-hydrogen) atoms. The van der Waals surface area contributed by atoms with Gasteiger partial charge >= 0.3 is 0 Å². The van der Waals surface area contributed by atoms with E-state index in [0.29, 0.717) is 23.7 Å². The van der Waals surface area contributed by atoms with Crippen molar-refractivity contribution in [2.24, 2.45) is 0 Å². The zero-order valence-electron chi connectivity index (χ0n) is 16.4. The van der Waals surface area contributed by atoms with Gasteiger partial charge in [0, 0.05) is 18.8 Å². The summed E-state index contributed by atoms with van der Waals surface area (Å²) in [6, 6.07) is 10.6. The third-order valence-corrected chi connectivity index (χ3v) is 6.00.